The molecule has 1 unspecified atom stereocenters. The standard InChI is InChI=1S/C14H20ClNO2/c1-4-6-18-14-10(8-12(16)5-2)7-11(15)9-13(14)17-3/h4,7,9,12H,1,5-6,8,16H2,2-3H3. The second-order valence-corrected chi connectivity index (χ2v) is 4.50. The van der Waals surface area contributed by atoms with Gasteiger partial charge in [-0.3, -0.25) is 0 Å². The van der Waals surface area contributed by atoms with Crippen LogP contribution in [0.25, 0.3) is 0 Å². The predicted octanol–water partition coefficient (Wildman–Crippen LogP) is 3.19. The summed E-state index contributed by atoms with van der Waals surface area (Å²) in [6.07, 6.45) is 3.30. The van der Waals surface area contributed by atoms with E-state index in [0.717, 1.165) is 12.0 Å². The van der Waals surface area contributed by atoms with Gasteiger partial charge < -0.3 is 15.2 Å². The third kappa shape index (κ3) is 3.93. The lowest BCUT2D eigenvalue weighted by Crippen LogP contribution is -2.22. The summed E-state index contributed by atoms with van der Waals surface area (Å²) in [4.78, 5) is 0. The number of hydrogen-bond donors (Lipinski definition) is 1. The minimum Gasteiger partial charge on any atom is -0.493 e. The molecule has 0 bridgehead atoms. The van der Waals surface area contributed by atoms with E-state index in [1.54, 1.807) is 19.3 Å². The molecule has 0 amide bonds. The van der Waals surface area contributed by atoms with Crippen LogP contribution in [0.4, 0.5) is 0 Å². The van der Waals surface area contributed by atoms with Gasteiger partial charge in [-0.25, -0.2) is 0 Å². The Morgan fingerprint density at radius 2 is 2.22 bits per heavy atom. The van der Waals surface area contributed by atoms with E-state index in [0.29, 0.717) is 29.5 Å². The number of nitrogens with two attached hydrogens (primary N) is 1. The van der Waals surface area contributed by atoms with Crippen molar-refractivity contribution in [1.29, 1.82) is 0 Å². The molecule has 1 atom stereocenters. The zero-order valence-corrected chi connectivity index (χ0v) is 11.7. The van der Waals surface area contributed by atoms with E-state index >= 15 is 0 Å². The van der Waals surface area contributed by atoms with Crippen molar-refractivity contribution in [2.24, 2.45) is 5.73 Å². The number of ether oxygens (including phenoxy) is 2. The summed E-state index contributed by atoms with van der Waals surface area (Å²) in [5.41, 5.74) is 6.95. The molecule has 0 radical (unpaired) electrons. The quantitative estimate of drug-likeness (QED) is 0.773. The summed E-state index contributed by atoms with van der Waals surface area (Å²) in [5, 5.41) is 0.621. The Morgan fingerprint density at radius 1 is 1.50 bits per heavy atom. The molecule has 0 spiro atoms. The van der Waals surface area contributed by atoms with Crippen molar-refractivity contribution < 1.29 is 9.47 Å². The highest BCUT2D eigenvalue weighted by Crippen LogP contribution is 2.35. The Balaban J connectivity index is 3.09. The van der Waals surface area contributed by atoms with Gasteiger partial charge in [-0.15, -0.1) is 0 Å². The maximum absolute atomic E-state index is 6.06. The summed E-state index contributed by atoms with van der Waals surface area (Å²) < 4.78 is 10.9. The lowest BCUT2D eigenvalue weighted by atomic mass is 10.0. The Hall–Kier alpha value is -1.19. The van der Waals surface area contributed by atoms with Gasteiger partial charge in [0.1, 0.15) is 6.61 Å². The van der Waals surface area contributed by atoms with Gasteiger partial charge in [-0.1, -0.05) is 31.2 Å². The average Bonchev–Trinajstić information content (AvgIpc) is 2.36. The van der Waals surface area contributed by atoms with Crippen molar-refractivity contribution in [3.63, 3.8) is 0 Å². The molecule has 1 rings (SSSR count). The molecule has 1 aromatic carbocycles. The van der Waals surface area contributed by atoms with Crippen LogP contribution in [0.5, 0.6) is 11.5 Å². The van der Waals surface area contributed by atoms with Crippen LogP contribution < -0.4 is 15.2 Å². The number of rotatable bonds is 7. The zero-order chi connectivity index (χ0) is 13.5. The van der Waals surface area contributed by atoms with Crippen molar-refractivity contribution in [3.05, 3.63) is 35.4 Å². The van der Waals surface area contributed by atoms with Crippen LogP contribution in [0.3, 0.4) is 0 Å². The van der Waals surface area contributed by atoms with E-state index < -0.39 is 0 Å². The summed E-state index contributed by atoms with van der Waals surface area (Å²) in [6.45, 7) is 6.11. The molecule has 3 nitrogen and oxygen atoms in total. The fourth-order valence-electron chi connectivity index (χ4n) is 1.66. The van der Waals surface area contributed by atoms with Gasteiger partial charge in [0.05, 0.1) is 7.11 Å². The summed E-state index contributed by atoms with van der Waals surface area (Å²) >= 11 is 6.06. The van der Waals surface area contributed by atoms with Crippen molar-refractivity contribution in [2.75, 3.05) is 13.7 Å². The third-order valence-corrected chi connectivity index (χ3v) is 2.89. The van der Waals surface area contributed by atoms with Gasteiger partial charge in [-0.2, -0.15) is 0 Å². The lowest BCUT2D eigenvalue weighted by molar-refractivity contribution is 0.322. The molecule has 18 heavy (non-hydrogen) atoms. The molecule has 0 aliphatic carbocycles. The van der Waals surface area contributed by atoms with Crippen LogP contribution in [-0.2, 0) is 6.42 Å². The molecular weight excluding hydrogens is 250 g/mol. The Bertz CT molecular complexity index is 407. The molecular formula is C14H20ClNO2. The highest BCUT2D eigenvalue weighted by Gasteiger charge is 2.14. The second kappa shape index (κ2) is 7.29. The first kappa shape index (κ1) is 14.9. The lowest BCUT2D eigenvalue weighted by Gasteiger charge is -2.17. The Morgan fingerprint density at radius 3 is 2.78 bits per heavy atom. The largest absolute Gasteiger partial charge is 0.493 e. The van der Waals surface area contributed by atoms with Gasteiger partial charge in [0.15, 0.2) is 11.5 Å². The zero-order valence-electron chi connectivity index (χ0n) is 10.9. The average molecular weight is 270 g/mol. The van der Waals surface area contributed by atoms with Gasteiger partial charge >= 0.3 is 0 Å². The van der Waals surface area contributed by atoms with E-state index in [9.17, 15) is 0 Å². The number of methoxy groups -OCH3 is 1. The van der Waals surface area contributed by atoms with Crippen molar-refractivity contribution in [1.82, 2.24) is 0 Å². The molecule has 0 heterocycles. The number of halogens is 1. The molecule has 100 valence electrons. The maximum atomic E-state index is 6.06. The highest BCUT2D eigenvalue weighted by atomic mass is 35.5. The van der Waals surface area contributed by atoms with Gasteiger partial charge in [0.2, 0.25) is 0 Å². The van der Waals surface area contributed by atoms with E-state index in [4.69, 9.17) is 26.8 Å². The van der Waals surface area contributed by atoms with Crippen molar-refractivity contribution >= 4 is 11.6 Å². The number of benzene rings is 1. The molecule has 0 aromatic heterocycles. The number of hydrogen-bond acceptors (Lipinski definition) is 3. The Kier molecular flexibility index (Phi) is 6.02. The van der Waals surface area contributed by atoms with Crippen molar-refractivity contribution in [3.8, 4) is 11.5 Å². The molecule has 2 N–H and O–H groups in total. The van der Waals surface area contributed by atoms with Gasteiger partial charge in [0.25, 0.3) is 0 Å². The third-order valence-electron chi connectivity index (χ3n) is 2.67. The van der Waals surface area contributed by atoms with Crippen LogP contribution >= 0.6 is 11.6 Å². The maximum Gasteiger partial charge on any atom is 0.164 e. The smallest absolute Gasteiger partial charge is 0.164 e. The van der Waals surface area contributed by atoms with E-state index in [1.807, 2.05) is 6.07 Å². The topological polar surface area (TPSA) is 44.5 Å². The van der Waals surface area contributed by atoms with E-state index in [1.165, 1.54) is 0 Å². The fraction of sp³-hybridized carbons (Fsp3) is 0.429. The van der Waals surface area contributed by atoms with Crippen LogP contribution in [-0.4, -0.2) is 19.8 Å². The minimum absolute atomic E-state index is 0.0826. The second-order valence-electron chi connectivity index (χ2n) is 4.07. The van der Waals surface area contributed by atoms with Crippen LogP contribution in [0, 0.1) is 0 Å². The van der Waals surface area contributed by atoms with Crippen molar-refractivity contribution in [2.45, 2.75) is 25.8 Å². The van der Waals surface area contributed by atoms with Crippen LogP contribution in [0.1, 0.15) is 18.9 Å². The molecule has 0 aliphatic rings. The first-order chi connectivity index (χ1) is 8.62. The summed E-state index contributed by atoms with van der Waals surface area (Å²) in [6, 6.07) is 3.69. The monoisotopic (exact) mass is 269 g/mol. The highest BCUT2D eigenvalue weighted by molar-refractivity contribution is 6.30. The first-order valence-corrected chi connectivity index (χ1v) is 6.35. The fourth-order valence-corrected chi connectivity index (χ4v) is 1.89. The summed E-state index contributed by atoms with van der Waals surface area (Å²) in [7, 11) is 1.59. The van der Waals surface area contributed by atoms with Gasteiger partial charge in [-0.05, 0) is 18.9 Å². The first-order valence-electron chi connectivity index (χ1n) is 5.98. The molecule has 0 saturated heterocycles. The Labute approximate surface area is 114 Å². The van der Waals surface area contributed by atoms with E-state index in [-0.39, 0.29) is 6.04 Å². The SMILES string of the molecule is C=CCOc1c(CC(N)CC)cc(Cl)cc1OC. The normalized spacial score (nSPS) is 12.0. The van der Waals surface area contributed by atoms with Crippen LogP contribution in [0.2, 0.25) is 5.02 Å². The predicted molar refractivity (Wildman–Crippen MR) is 75.7 cm³/mol. The van der Waals surface area contributed by atoms with E-state index in [2.05, 4.69) is 13.5 Å². The molecule has 4 heteroatoms. The molecule has 1 aromatic rings. The van der Waals surface area contributed by atoms with Crippen LogP contribution in [0.15, 0.2) is 24.8 Å². The van der Waals surface area contributed by atoms with Gasteiger partial charge in [0, 0.05) is 22.7 Å². The molecule has 0 fully saturated rings. The molecule has 0 saturated carbocycles. The molecule has 0 aliphatic heterocycles. The minimum atomic E-state index is 0.0826. The summed E-state index contributed by atoms with van der Waals surface area (Å²) in [5.74, 6) is 1.33.